The summed E-state index contributed by atoms with van der Waals surface area (Å²) in [5.74, 6) is -0.0122. The predicted molar refractivity (Wildman–Crippen MR) is 154 cm³/mol. The summed E-state index contributed by atoms with van der Waals surface area (Å²) in [5.41, 5.74) is 2.19. The molecule has 4 amide bonds. The molecule has 216 valence electrons. The Balaban J connectivity index is 1.10. The summed E-state index contributed by atoms with van der Waals surface area (Å²) in [6.45, 7) is 0.799. The van der Waals surface area contributed by atoms with Crippen LogP contribution in [0.2, 0.25) is 5.15 Å². The fourth-order valence-corrected chi connectivity index (χ4v) is 5.52. The van der Waals surface area contributed by atoms with Gasteiger partial charge in [-0.15, -0.1) is 5.10 Å². The van der Waals surface area contributed by atoms with E-state index in [0.29, 0.717) is 23.2 Å². The average Bonchev–Trinajstić information content (AvgIpc) is 3.40. The monoisotopic (exact) mass is 580 g/mol. The van der Waals surface area contributed by atoms with Crippen LogP contribution in [0.15, 0.2) is 30.6 Å². The van der Waals surface area contributed by atoms with Crippen molar-refractivity contribution in [1.29, 1.82) is 0 Å². The van der Waals surface area contributed by atoms with Crippen molar-refractivity contribution in [2.24, 2.45) is 0 Å². The van der Waals surface area contributed by atoms with E-state index in [9.17, 15) is 14.4 Å². The van der Waals surface area contributed by atoms with Gasteiger partial charge in [-0.3, -0.25) is 14.9 Å². The van der Waals surface area contributed by atoms with Gasteiger partial charge in [0.05, 0.1) is 17.9 Å². The molecule has 3 aromatic rings. The molecular weight excluding hydrogens is 548 g/mol. The Hall–Kier alpha value is -3.97. The fourth-order valence-electron chi connectivity index (χ4n) is 5.34. The van der Waals surface area contributed by atoms with Crippen LogP contribution in [0.1, 0.15) is 61.9 Å². The Bertz CT molecular complexity index is 1440. The van der Waals surface area contributed by atoms with Crippen LogP contribution in [-0.2, 0) is 4.79 Å². The first-order valence-electron chi connectivity index (χ1n) is 14.1. The highest BCUT2D eigenvalue weighted by atomic mass is 35.5. The molecule has 1 atom stereocenters. The van der Waals surface area contributed by atoms with Crippen molar-refractivity contribution >= 4 is 52.3 Å². The maximum absolute atomic E-state index is 13.1. The number of hydrogen-bond acceptors (Lipinski definition) is 9. The van der Waals surface area contributed by atoms with Crippen LogP contribution >= 0.6 is 11.6 Å². The lowest BCUT2D eigenvalue weighted by atomic mass is 9.91. The summed E-state index contributed by atoms with van der Waals surface area (Å²) in [6.07, 6.45) is 10.1. The van der Waals surface area contributed by atoms with Crippen LogP contribution in [0.3, 0.4) is 0 Å². The zero-order valence-corrected chi connectivity index (χ0v) is 23.2. The van der Waals surface area contributed by atoms with E-state index in [1.54, 1.807) is 16.6 Å². The summed E-state index contributed by atoms with van der Waals surface area (Å²) in [6, 6.07) is 4.95. The molecule has 3 aromatic heterocycles. The topological polar surface area (TPSA) is 166 Å². The number of fused-ring (bicyclic) bond motifs is 1. The van der Waals surface area contributed by atoms with Crippen molar-refractivity contribution < 1.29 is 14.4 Å². The highest BCUT2D eigenvalue weighted by Gasteiger charge is 2.28. The number of carbonyl (C=O) groups is 3. The summed E-state index contributed by atoms with van der Waals surface area (Å²) in [5, 5.41) is 23.3. The van der Waals surface area contributed by atoms with Gasteiger partial charge in [0, 0.05) is 36.1 Å². The van der Waals surface area contributed by atoms with Gasteiger partial charge in [0.15, 0.2) is 11.3 Å². The van der Waals surface area contributed by atoms with Gasteiger partial charge in [0.25, 0.3) is 5.91 Å². The van der Waals surface area contributed by atoms with E-state index in [0.717, 1.165) is 63.6 Å². The van der Waals surface area contributed by atoms with Crippen molar-refractivity contribution in [3.8, 4) is 0 Å². The second kappa shape index (κ2) is 11.9. The van der Waals surface area contributed by atoms with Gasteiger partial charge in [-0.05, 0) is 70.0 Å². The maximum atomic E-state index is 13.1. The molecule has 0 bridgehead atoms. The number of aromatic nitrogens is 4. The number of amides is 4. The standard InChI is InChI=1S/C27H33ClN10O3/c28-22-12-18(9-11-30-22)34-26(40)21-14-31-24-20(32-15-3-4-15)13-23(37-38(21)24)33-16-5-7-17(8-6-16)35-27(41)36-25(39)19-2-1-10-29-19/h9,11-17,19,29,32H,1-8,10H2,(H,33,37)(H,30,34,40)(H2,35,36,39,41)/t16?,17?,19-/m0/s1. The molecular formula is C27H33ClN10O3. The number of carbonyl (C=O) groups excluding carboxylic acids is 3. The van der Waals surface area contributed by atoms with Crippen LogP contribution in [-0.4, -0.2) is 68.1 Å². The van der Waals surface area contributed by atoms with Crippen LogP contribution in [0.25, 0.3) is 5.65 Å². The number of anilines is 3. The Morgan fingerprint density at radius 3 is 2.44 bits per heavy atom. The molecule has 0 radical (unpaired) electrons. The Morgan fingerprint density at radius 2 is 1.71 bits per heavy atom. The molecule has 6 rings (SSSR count). The number of imidazole rings is 1. The number of nitrogens with zero attached hydrogens (tertiary/aromatic N) is 4. The van der Waals surface area contributed by atoms with E-state index in [4.69, 9.17) is 16.7 Å². The van der Waals surface area contributed by atoms with E-state index in [1.165, 1.54) is 12.4 Å². The van der Waals surface area contributed by atoms with Gasteiger partial charge in [-0.25, -0.2) is 19.3 Å². The summed E-state index contributed by atoms with van der Waals surface area (Å²) in [7, 11) is 0. The minimum atomic E-state index is -0.442. The van der Waals surface area contributed by atoms with Gasteiger partial charge < -0.3 is 26.6 Å². The number of urea groups is 1. The first-order chi connectivity index (χ1) is 19.9. The first-order valence-corrected chi connectivity index (χ1v) is 14.5. The number of nitrogens with one attached hydrogen (secondary N) is 6. The number of pyridine rings is 1. The second-order valence-electron chi connectivity index (χ2n) is 10.9. The number of halogens is 1. The van der Waals surface area contributed by atoms with Crippen LogP contribution in [0.5, 0.6) is 0 Å². The molecule has 6 N–H and O–H groups in total. The summed E-state index contributed by atoms with van der Waals surface area (Å²) >= 11 is 5.97. The molecule has 3 fully saturated rings. The molecule has 14 heteroatoms. The maximum Gasteiger partial charge on any atom is 0.321 e. The third kappa shape index (κ3) is 6.68. The third-order valence-corrected chi connectivity index (χ3v) is 7.86. The molecule has 1 aliphatic heterocycles. The van der Waals surface area contributed by atoms with Crippen LogP contribution < -0.4 is 31.9 Å². The predicted octanol–water partition coefficient (Wildman–Crippen LogP) is 2.91. The van der Waals surface area contributed by atoms with Crippen LogP contribution in [0, 0.1) is 0 Å². The van der Waals surface area contributed by atoms with Crippen molar-refractivity contribution in [2.45, 2.75) is 75.5 Å². The van der Waals surface area contributed by atoms with E-state index >= 15 is 0 Å². The molecule has 13 nitrogen and oxygen atoms in total. The van der Waals surface area contributed by atoms with Crippen molar-refractivity contribution in [2.75, 3.05) is 22.5 Å². The van der Waals surface area contributed by atoms with E-state index < -0.39 is 6.03 Å². The highest BCUT2D eigenvalue weighted by molar-refractivity contribution is 6.29. The molecule has 3 aliphatic rings. The van der Waals surface area contributed by atoms with E-state index in [2.05, 4.69) is 41.9 Å². The minimum absolute atomic E-state index is 0.00874. The number of hydrogen-bond donors (Lipinski definition) is 6. The summed E-state index contributed by atoms with van der Waals surface area (Å²) in [4.78, 5) is 46.1. The summed E-state index contributed by atoms with van der Waals surface area (Å²) < 4.78 is 1.55. The molecule has 0 spiro atoms. The zero-order chi connectivity index (χ0) is 28.3. The lowest BCUT2D eigenvalue weighted by Gasteiger charge is -2.30. The van der Waals surface area contributed by atoms with Crippen molar-refractivity contribution in [3.05, 3.63) is 41.4 Å². The highest BCUT2D eigenvalue weighted by Crippen LogP contribution is 2.30. The normalized spacial score (nSPS) is 22.2. The molecule has 2 aliphatic carbocycles. The lowest BCUT2D eigenvalue weighted by molar-refractivity contribution is -0.121. The van der Waals surface area contributed by atoms with Gasteiger partial charge in [-0.2, -0.15) is 0 Å². The second-order valence-corrected chi connectivity index (χ2v) is 11.3. The molecule has 0 aromatic carbocycles. The van der Waals surface area contributed by atoms with Crippen molar-refractivity contribution in [1.82, 2.24) is 35.5 Å². The van der Waals surface area contributed by atoms with Gasteiger partial charge in [-0.1, -0.05) is 11.6 Å². The third-order valence-electron chi connectivity index (χ3n) is 7.65. The molecule has 0 unspecified atom stereocenters. The Labute approximate surface area is 241 Å². The average molecular weight is 581 g/mol. The number of imide groups is 1. The zero-order valence-electron chi connectivity index (χ0n) is 22.5. The minimum Gasteiger partial charge on any atom is -0.379 e. The fraction of sp³-hybridized carbons (Fsp3) is 0.481. The molecule has 41 heavy (non-hydrogen) atoms. The van der Waals surface area contributed by atoms with Crippen LogP contribution in [0.4, 0.5) is 22.0 Å². The molecule has 2 saturated carbocycles. The smallest absolute Gasteiger partial charge is 0.321 e. The largest absolute Gasteiger partial charge is 0.379 e. The first kappa shape index (κ1) is 27.2. The van der Waals surface area contributed by atoms with Gasteiger partial charge in [0.2, 0.25) is 5.91 Å². The quantitative estimate of drug-likeness (QED) is 0.220. The lowest BCUT2D eigenvalue weighted by Crippen LogP contribution is -2.50. The van der Waals surface area contributed by atoms with E-state index in [1.807, 2.05) is 6.07 Å². The van der Waals surface area contributed by atoms with E-state index in [-0.39, 0.29) is 40.8 Å². The molecule has 4 heterocycles. The number of rotatable bonds is 8. The van der Waals surface area contributed by atoms with Crippen molar-refractivity contribution in [3.63, 3.8) is 0 Å². The Morgan fingerprint density at radius 1 is 0.951 bits per heavy atom. The van der Waals surface area contributed by atoms with Gasteiger partial charge >= 0.3 is 6.03 Å². The SMILES string of the molecule is O=C(NC(=O)[C@@H]1CCCN1)NC1CCC(Nc2cc(NC3CC3)c3ncc(C(=O)Nc4ccnc(Cl)c4)n3n2)CC1. The molecule has 1 saturated heterocycles. The Kier molecular flexibility index (Phi) is 7.88. The van der Waals surface area contributed by atoms with Gasteiger partial charge in [0.1, 0.15) is 11.0 Å².